The van der Waals surface area contributed by atoms with Crippen molar-refractivity contribution in [3.05, 3.63) is 59.1 Å². The van der Waals surface area contributed by atoms with E-state index in [1.807, 2.05) is 0 Å². The maximum absolute atomic E-state index is 13.2. The Kier molecular flexibility index (Phi) is 5.56. The highest BCUT2D eigenvalue weighted by Gasteiger charge is 2.50. The van der Waals surface area contributed by atoms with Crippen molar-refractivity contribution in [2.75, 3.05) is 24.5 Å². The summed E-state index contributed by atoms with van der Waals surface area (Å²) in [7, 11) is -3.77. The van der Waals surface area contributed by atoms with Gasteiger partial charge in [-0.15, -0.1) is 0 Å². The highest BCUT2D eigenvalue weighted by atomic mass is 35.5. The van der Waals surface area contributed by atoms with Crippen LogP contribution in [0.15, 0.2) is 53.4 Å². The molecule has 0 atom stereocenters. The van der Waals surface area contributed by atoms with Crippen LogP contribution < -0.4 is 4.90 Å². The zero-order valence-electron chi connectivity index (χ0n) is 16.4. The Balaban J connectivity index is 1.48. The summed E-state index contributed by atoms with van der Waals surface area (Å²) in [6.45, 7) is 0.752. The van der Waals surface area contributed by atoms with Crippen molar-refractivity contribution in [1.29, 1.82) is 0 Å². The molecule has 0 saturated carbocycles. The summed E-state index contributed by atoms with van der Waals surface area (Å²) in [5, 5.41) is 0.146. The van der Waals surface area contributed by atoms with E-state index in [1.54, 1.807) is 12.1 Å². The van der Waals surface area contributed by atoms with Gasteiger partial charge in [0.2, 0.25) is 15.9 Å². The van der Waals surface area contributed by atoms with E-state index in [2.05, 4.69) is 0 Å². The number of rotatable bonds is 3. The molecule has 0 aliphatic carbocycles. The molecule has 2 aromatic carbocycles. The van der Waals surface area contributed by atoms with Crippen LogP contribution >= 0.6 is 11.6 Å². The van der Waals surface area contributed by atoms with E-state index in [-0.39, 0.29) is 28.9 Å². The van der Waals surface area contributed by atoms with Gasteiger partial charge in [-0.2, -0.15) is 17.5 Å². The van der Waals surface area contributed by atoms with Gasteiger partial charge >= 0.3 is 6.18 Å². The molecular weight excluding hydrogens is 453 g/mol. The second-order valence-corrected chi connectivity index (χ2v) is 10.2. The summed E-state index contributed by atoms with van der Waals surface area (Å²) in [5.41, 5.74) is -1.05. The summed E-state index contributed by atoms with van der Waals surface area (Å²) < 4.78 is 65.6. The van der Waals surface area contributed by atoms with Crippen molar-refractivity contribution < 1.29 is 26.4 Å². The summed E-state index contributed by atoms with van der Waals surface area (Å²) in [4.78, 5) is 14.7. The number of sulfonamides is 1. The Bertz CT molecular complexity index is 1100. The Morgan fingerprint density at radius 3 is 2.06 bits per heavy atom. The molecule has 1 spiro atoms. The monoisotopic (exact) mass is 472 g/mol. The van der Waals surface area contributed by atoms with Crippen molar-refractivity contribution >= 4 is 33.2 Å². The number of halogens is 4. The number of anilines is 1. The third-order valence-electron chi connectivity index (χ3n) is 6.15. The molecule has 31 heavy (non-hydrogen) atoms. The minimum atomic E-state index is -4.44. The van der Waals surface area contributed by atoms with E-state index >= 15 is 0 Å². The van der Waals surface area contributed by atoms with Crippen molar-refractivity contribution in [2.45, 2.75) is 30.3 Å². The Morgan fingerprint density at radius 2 is 1.48 bits per heavy atom. The van der Waals surface area contributed by atoms with Crippen molar-refractivity contribution in [1.82, 2.24) is 4.31 Å². The molecule has 2 aliphatic rings. The smallest absolute Gasteiger partial charge is 0.312 e. The molecule has 2 heterocycles. The maximum atomic E-state index is 13.2. The number of benzene rings is 2. The van der Waals surface area contributed by atoms with Crippen molar-refractivity contribution in [3.8, 4) is 0 Å². The maximum Gasteiger partial charge on any atom is 0.416 e. The lowest BCUT2D eigenvalue weighted by atomic mass is 9.77. The first-order valence-electron chi connectivity index (χ1n) is 9.79. The third kappa shape index (κ3) is 3.94. The first-order chi connectivity index (χ1) is 14.5. The Labute approximate surface area is 183 Å². The summed E-state index contributed by atoms with van der Waals surface area (Å²) in [6, 6.07) is 10.8. The number of carbonyl (C=O) groups excluding carboxylic acids is 1. The largest absolute Gasteiger partial charge is 0.416 e. The molecule has 2 fully saturated rings. The fraction of sp³-hybridized carbons (Fsp3) is 0.381. The van der Waals surface area contributed by atoms with Crippen molar-refractivity contribution in [3.63, 3.8) is 0 Å². The first-order valence-corrected chi connectivity index (χ1v) is 11.6. The molecule has 0 bridgehead atoms. The van der Waals surface area contributed by atoms with Crippen LogP contribution in [0.25, 0.3) is 0 Å². The minimum absolute atomic E-state index is 0.0387. The lowest BCUT2D eigenvalue weighted by Gasteiger charge is -2.37. The van der Waals surface area contributed by atoms with Gasteiger partial charge in [0.15, 0.2) is 0 Å². The number of hydrogen-bond donors (Lipinski definition) is 0. The van der Waals surface area contributed by atoms with E-state index in [4.69, 9.17) is 11.6 Å². The molecule has 2 aliphatic heterocycles. The van der Waals surface area contributed by atoms with Crippen LogP contribution in [-0.2, 0) is 21.0 Å². The van der Waals surface area contributed by atoms with Crippen molar-refractivity contribution in [2.24, 2.45) is 5.41 Å². The van der Waals surface area contributed by atoms with Gasteiger partial charge in [-0.3, -0.25) is 4.79 Å². The first kappa shape index (κ1) is 22.1. The van der Waals surface area contributed by atoms with Gasteiger partial charge in [0, 0.05) is 25.3 Å². The van der Waals surface area contributed by atoms with E-state index in [0.29, 0.717) is 31.5 Å². The number of nitrogens with zero attached hydrogens (tertiary/aromatic N) is 2. The van der Waals surface area contributed by atoms with Gasteiger partial charge in [-0.1, -0.05) is 23.7 Å². The van der Waals surface area contributed by atoms with E-state index in [0.717, 1.165) is 12.1 Å². The summed E-state index contributed by atoms with van der Waals surface area (Å²) in [6.07, 6.45) is -3.19. The number of alkyl halides is 3. The zero-order valence-corrected chi connectivity index (χ0v) is 18.0. The van der Waals surface area contributed by atoms with Crippen LogP contribution in [-0.4, -0.2) is 38.3 Å². The van der Waals surface area contributed by atoms with Crippen LogP contribution in [0.4, 0.5) is 18.9 Å². The lowest BCUT2D eigenvalue weighted by Crippen LogP contribution is -2.46. The van der Waals surface area contributed by atoms with Gasteiger partial charge in [-0.05, 0) is 55.7 Å². The molecule has 166 valence electrons. The van der Waals surface area contributed by atoms with Crippen LogP contribution in [0.5, 0.6) is 0 Å². The van der Waals surface area contributed by atoms with Gasteiger partial charge in [-0.25, -0.2) is 8.42 Å². The van der Waals surface area contributed by atoms with E-state index in [1.165, 1.54) is 33.5 Å². The molecule has 0 radical (unpaired) electrons. The SMILES string of the molecule is O=C1N(c2ccc(C(F)(F)F)cc2)CCC12CCN(S(=O)(=O)c1ccccc1Cl)CC2. The standard InChI is InChI=1S/C21H20ClF3N2O3S/c22-17-3-1-2-4-18(17)31(29,30)26-12-9-20(10-13-26)11-14-27(19(20)28)16-7-5-15(6-8-16)21(23,24)25/h1-8H,9-14H2. The number of amides is 1. The van der Waals surface area contributed by atoms with Gasteiger partial charge in [0.05, 0.1) is 16.0 Å². The summed E-state index contributed by atoms with van der Waals surface area (Å²) in [5.74, 6) is -0.165. The van der Waals surface area contributed by atoms with Gasteiger partial charge < -0.3 is 4.90 Å². The molecule has 0 unspecified atom stereocenters. The topological polar surface area (TPSA) is 57.7 Å². The molecule has 5 nitrogen and oxygen atoms in total. The minimum Gasteiger partial charge on any atom is -0.312 e. The van der Waals surface area contributed by atoms with Crippen LogP contribution in [0.1, 0.15) is 24.8 Å². The van der Waals surface area contributed by atoms with Crippen LogP contribution in [0.2, 0.25) is 5.02 Å². The predicted molar refractivity (Wildman–Crippen MR) is 110 cm³/mol. The Hall–Kier alpha value is -2.10. The van der Waals surface area contributed by atoms with Gasteiger partial charge in [0.25, 0.3) is 0 Å². The van der Waals surface area contributed by atoms with Crippen LogP contribution in [0, 0.1) is 5.41 Å². The second kappa shape index (κ2) is 7.79. The number of piperidine rings is 1. The quantitative estimate of drug-likeness (QED) is 0.657. The molecule has 0 N–H and O–H groups in total. The predicted octanol–water partition coefficient (Wildman–Crippen LogP) is 4.57. The molecule has 1 amide bonds. The van der Waals surface area contributed by atoms with E-state index < -0.39 is 27.2 Å². The molecular formula is C21H20ClF3N2O3S. The highest BCUT2D eigenvalue weighted by Crippen LogP contribution is 2.44. The molecule has 2 aromatic rings. The Morgan fingerprint density at radius 1 is 0.903 bits per heavy atom. The average molecular weight is 473 g/mol. The fourth-order valence-electron chi connectivity index (χ4n) is 4.31. The normalized spacial score (nSPS) is 19.9. The lowest BCUT2D eigenvalue weighted by molar-refractivity contribution is -0.137. The molecule has 10 heteroatoms. The zero-order chi connectivity index (χ0) is 22.4. The second-order valence-electron chi connectivity index (χ2n) is 7.87. The third-order valence-corrected chi connectivity index (χ3v) is 8.55. The van der Waals surface area contributed by atoms with Crippen LogP contribution in [0.3, 0.4) is 0 Å². The number of carbonyl (C=O) groups is 1. The molecule has 4 rings (SSSR count). The molecule has 2 saturated heterocycles. The average Bonchev–Trinajstić information content (AvgIpc) is 3.04. The number of hydrogen-bond acceptors (Lipinski definition) is 3. The fourth-order valence-corrected chi connectivity index (χ4v) is 6.24. The van der Waals surface area contributed by atoms with Gasteiger partial charge in [0.1, 0.15) is 4.90 Å². The highest BCUT2D eigenvalue weighted by molar-refractivity contribution is 7.89. The van der Waals surface area contributed by atoms with E-state index in [9.17, 15) is 26.4 Å². The summed E-state index contributed by atoms with van der Waals surface area (Å²) >= 11 is 6.06. The molecule has 0 aromatic heterocycles.